The molecule has 5 heteroatoms. The molecule has 3 aliphatic carbocycles. The Morgan fingerprint density at radius 1 is 0.658 bits per heavy atom. The van der Waals surface area contributed by atoms with Crippen LogP contribution in [0.1, 0.15) is 55.6 Å². The molecule has 0 spiro atoms. The molecular weight excluding hydrogens is 472 g/mol. The Balaban J connectivity index is 1.21. The lowest BCUT2D eigenvalue weighted by molar-refractivity contribution is -0.122. The molecule has 0 saturated carbocycles. The van der Waals surface area contributed by atoms with E-state index in [0.29, 0.717) is 11.3 Å². The van der Waals surface area contributed by atoms with Crippen LogP contribution in [-0.4, -0.2) is 17.7 Å². The van der Waals surface area contributed by atoms with Gasteiger partial charge in [0.2, 0.25) is 11.8 Å². The van der Waals surface area contributed by atoms with E-state index in [9.17, 15) is 14.4 Å². The molecule has 3 amide bonds. The van der Waals surface area contributed by atoms with Crippen LogP contribution in [-0.2, 0) is 9.59 Å². The molecule has 0 radical (unpaired) electrons. The third-order valence-electron chi connectivity index (χ3n) is 8.32. The van der Waals surface area contributed by atoms with Crippen LogP contribution in [0.4, 0.5) is 11.4 Å². The predicted molar refractivity (Wildman–Crippen MR) is 146 cm³/mol. The number of nitrogens with one attached hydrogen (secondary N) is 1. The molecule has 1 heterocycles. The van der Waals surface area contributed by atoms with E-state index < -0.39 is 11.8 Å². The molecule has 1 N–H and O–H groups in total. The van der Waals surface area contributed by atoms with Crippen LogP contribution < -0.4 is 10.2 Å². The number of anilines is 2. The van der Waals surface area contributed by atoms with Crippen LogP contribution in [0, 0.1) is 25.7 Å². The van der Waals surface area contributed by atoms with Gasteiger partial charge in [-0.15, -0.1) is 0 Å². The van der Waals surface area contributed by atoms with E-state index in [-0.39, 0.29) is 29.6 Å². The highest BCUT2D eigenvalue weighted by Crippen LogP contribution is 2.61. The minimum atomic E-state index is -0.426. The lowest BCUT2D eigenvalue weighted by Gasteiger charge is -2.45. The zero-order valence-electron chi connectivity index (χ0n) is 21.1. The van der Waals surface area contributed by atoms with Gasteiger partial charge in [0.25, 0.3) is 5.91 Å². The van der Waals surface area contributed by atoms with E-state index in [4.69, 9.17) is 0 Å². The van der Waals surface area contributed by atoms with Crippen molar-refractivity contribution in [1.82, 2.24) is 0 Å². The summed E-state index contributed by atoms with van der Waals surface area (Å²) in [7, 11) is 0. The molecule has 4 aromatic rings. The summed E-state index contributed by atoms with van der Waals surface area (Å²) in [6.07, 6.45) is 0. The van der Waals surface area contributed by atoms with Crippen LogP contribution in [0.5, 0.6) is 0 Å². The molecule has 1 fully saturated rings. The number of rotatable bonds is 3. The van der Waals surface area contributed by atoms with Crippen molar-refractivity contribution in [2.45, 2.75) is 25.7 Å². The lowest BCUT2D eigenvalue weighted by atomic mass is 9.55. The van der Waals surface area contributed by atoms with E-state index in [1.54, 1.807) is 24.3 Å². The van der Waals surface area contributed by atoms with Crippen molar-refractivity contribution in [2.75, 3.05) is 10.2 Å². The smallest absolute Gasteiger partial charge is 0.255 e. The van der Waals surface area contributed by atoms with Crippen LogP contribution in [0.25, 0.3) is 0 Å². The van der Waals surface area contributed by atoms with Crippen molar-refractivity contribution >= 4 is 29.1 Å². The highest BCUT2D eigenvalue weighted by molar-refractivity contribution is 6.23. The molecule has 38 heavy (non-hydrogen) atoms. The first-order chi connectivity index (χ1) is 18.4. The van der Waals surface area contributed by atoms with Gasteiger partial charge in [0.1, 0.15) is 0 Å². The van der Waals surface area contributed by atoms with Crippen molar-refractivity contribution < 1.29 is 14.4 Å². The minimum absolute atomic E-state index is 0.137. The van der Waals surface area contributed by atoms with Gasteiger partial charge in [-0.05, 0) is 83.6 Å². The van der Waals surface area contributed by atoms with Crippen LogP contribution >= 0.6 is 0 Å². The fourth-order valence-corrected chi connectivity index (χ4v) is 6.94. The van der Waals surface area contributed by atoms with Crippen LogP contribution in [0.2, 0.25) is 0 Å². The van der Waals surface area contributed by atoms with Gasteiger partial charge in [-0.1, -0.05) is 54.6 Å². The lowest BCUT2D eigenvalue weighted by Crippen LogP contribution is -2.41. The number of imide groups is 1. The molecule has 0 aromatic heterocycles. The van der Waals surface area contributed by atoms with Gasteiger partial charge in [-0.25, -0.2) is 4.90 Å². The number of hydrogen-bond acceptors (Lipinski definition) is 3. The van der Waals surface area contributed by atoms with Gasteiger partial charge >= 0.3 is 0 Å². The minimum Gasteiger partial charge on any atom is -0.322 e. The monoisotopic (exact) mass is 498 g/mol. The third-order valence-corrected chi connectivity index (χ3v) is 8.32. The predicted octanol–water partition coefficient (Wildman–Crippen LogP) is 5.95. The van der Waals surface area contributed by atoms with Crippen molar-refractivity contribution in [3.8, 4) is 0 Å². The molecule has 4 aromatic carbocycles. The summed E-state index contributed by atoms with van der Waals surface area (Å²) in [6, 6.07) is 29.1. The summed E-state index contributed by atoms with van der Waals surface area (Å²) in [5.41, 5.74) is 8.45. The zero-order chi connectivity index (χ0) is 26.1. The van der Waals surface area contributed by atoms with Gasteiger partial charge in [0, 0.05) is 23.1 Å². The van der Waals surface area contributed by atoms with Crippen LogP contribution in [0.15, 0.2) is 91.0 Å². The maximum Gasteiger partial charge on any atom is 0.255 e. The van der Waals surface area contributed by atoms with Crippen LogP contribution in [0.3, 0.4) is 0 Å². The zero-order valence-corrected chi connectivity index (χ0v) is 21.1. The van der Waals surface area contributed by atoms with Gasteiger partial charge < -0.3 is 5.32 Å². The summed E-state index contributed by atoms with van der Waals surface area (Å²) in [4.78, 5) is 42.1. The van der Waals surface area contributed by atoms with Gasteiger partial charge in [-0.2, -0.15) is 0 Å². The first-order valence-electron chi connectivity index (χ1n) is 13.0. The second-order valence-corrected chi connectivity index (χ2v) is 10.7. The van der Waals surface area contributed by atoms with Crippen molar-refractivity contribution in [3.05, 3.63) is 130 Å². The largest absolute Gasteiger partial charge is 0.322 e. The van der Waals surface area contributed by atoms with E-state index in [2.05, 4.69) is 35.6 Å². The average molecular weight is 499 g/mol. The Morgan fingerprint density at radius 3 is 1.55 bits per heavy atom. The number of carbonyl (C=O) groups excluding carboxylic acids is 3. The second-order valence-electron chi connectivity index (χ2n) is 10.7. The third kappa shape index (κ3) is 3.21. The fraction of sp³-hybridized carbons (Fsp3) is 0.182. The maximum absolute atomic E-state index is 13.9. The van der Waals surface area contributed by atoms with E-state index >= 15 is 0 Å². The maximum atomic E-state index is 13.9. The summed E-state index contributed by atoms with van der Waals surface area (Å²) >= 11 is 0. The fourth-order valence-electron chi connectivity index (χ4n) is 6.94. The molecule has 2 bridgehead atoms. The van der Waals surface area contributed by atoms with Crippen molar-refractivity contribution in [2.24, 2.45) is 11.8 Å². The van der Waals surface area contributed by atoms with Gasteiger partial charge in [0.05, 0.1) is 17.5 Å². The van der Waals surface area contributed by atoms with Crippen molar-refractivity contribution in [1.29, 1.82) is 0 Å². The summed E-state index contributed by atoms with van der Waals surface area (Å²) in [5.74, 6) is -1.69. The first kappa shape index (κ1) is 22.7. The Kier molecular flexibility index (Phi) is 4.92. The molecule has 0 unspecified atom stereocenters. The number of nitrogens with zero attached hydrogens (tertiary/aromatic N) is 1. The summed E-state index contributed by atoms with van der Waals surface area (Å²) in [6.45, 7) is 3.98. The number of hydrogen-bond donors (Lipinski definition) is 1. The average Bonchev–Trinajstić information content (AvgIpc) is 3.18. The Labute approximate surface area is 221 Å². The molecule has 1 saturated heterocycles. The Hall–Kier alpha value is -4.51. The Morgan fingerprint density at radius 2 is 1.11 bits per heavy atom. The molecule has 5 nitrogen and oxygen atoms in total. The number of aryl methyl sites for hydroxylation is 2. The first-order valence-corrected chi connectivity index (χ1v) is 13.0. The normalized spacial score (nSPS) is 22.6. The highest BCUT2D eigenvalue weighted by atomic mass is 16.2. The topological polar surface area (TPSA) is 66.5 Å². The van der Waals surface area contributed by atoms with Gasteiger partial charge in [0.15, 0.2) is 0 Å². The second kappa shape index (κ2) is 8.25. The number of benzene rings is 4. The van der Waals surface area contributed by atoms with E-state index in [1.165, 1.54) is 4.90 Å². The van der Waals surface area contributed by atoms with E-state index in [1.807, 2.05) is 50.2 Å². The molecule has 1 aliphatic heterocycles. The molecule has 8 rings (SSSR count). The number of amides is 3. The van der Waals surface area contributed by atoms with Gasteiger partial charge in [-0.3, -0.25) is 14.4 Å². The van der Waals surface area contributed by atoms with Crippen molar-refractivity contribution in [3.63, 3.8) is 0 Å². The standard InChI is InChI=1S/C33H26N2O3/c1-18-15-19(2)17-21(16-18)34-31(36)20-11-13-22(14-12-20)35-32(37)29-27-23-7-3-4-8-24(23)28(30(29)33(35)38)26-10-6-5-9-25(26)27/h3-17,27-30H,1-2H3,(H,34,36)/t27?,28?,29-,30-/m1/s1. The Bertz CT molecular complexity index is 1520. The molecule has 4 aliphatic rings. The molecule has 186 valence electrons. The van der Waals surface area contributed by atoms with E-state index in [0.717, 1.165) is 39.1 Å². The SMILES string of the molecule is Cc1cc(C)cc(NC(=O)c2ccc(N3C(=O)[C@@H]4C5c6ccccc6C(c6ccccc65)[C@H]4C3=O)cc2)c1. The number of carbonyl (C=O) groups is 3. The molecular formula is C33H26N2O3. The molecule has 2 atom stereocenters. The highest BCUT2D eigenvalue weighted by Gasteiger charge is 2.61. The quantitative estimate of drug-likeness (QED) is 0.355. The summed E-state index contributed by atoms with van der Waals surface area (Å²) in [5, 5.41) is 2.94. The summed E-state index contributed by atoms with van der Waals surface area (Å²) < 4.78 is 0.